The van der Waals surface area contributed by atoms with E-state index >= 15 is 0 Å². The summed E-state index contributed by atoms with van der Waals surface area (Å²) >= 11 is 1.49. The van der Waals surface area contributed by atoms with Crippen molar-refractivity contribution in [1.82, 2.24) is 30.1 Å². The van der Waals surface area contributed by atoms with Gasteiger partial charge in [-0.1, -0.05) is 191 Å². The monoisotopic (exact) mass is 837 g/mol. The zero-order valence-corrected chi connectivity index (χ0v) is 38.5. The molecular formula is C51H76N6O2S. The second-order valence-corrected chi connectivity index (χ2v) is 12.3. The van der Waals surface area contributed by atoms with Gasteiger partial charge in [0.25, 0.3) is 0 Å². The molecule has 0 amide bonds. The highest BCUT2D eigenvalue weighted by Gasteiger charge is 1.87. The number of hydrogen-bond acceptors (Lipinski definition) is 9. The number of aryl methyl sites for hydroxylation is 5. The Morgan fingerprint density at radius 3 is 0.850 bits per heavy atom. The molecule has 0 saturated heterocycles. The number of benzene rings is 4. The first kappa shape index (κ1) is 61.2. The Bertz CT molecular complexity index is 1360. The van der Waals surface area contributed by atoms with Crippen LogP contribution >= 0.6 is 11.3 Å². The van der Waals surface area contributed by atoms with Crippen molar-refractivity contribution in [1.29, 1.82) is 0 Å². The predicted octanol–water partition coefficient (Wildman–Crippen LogP) is 13.9. The van der Waals surface area contributed by atoms with Crippen LogP contribution in [0.4, 0.5) is 0 Å². The second kappa shape index (κ2) is 53.5. The highest BCUT2D eigenvalue weighted by molar-refractivity contribution is 7.07. The van der Waals surface area contributed by atoms with Gasteiger partial charge in [0.2, 0.25) is 0 Å². The zero-order valence-electron chi connectivity index (χ0n) is 37.7. The lowest BCUT2D eigenvalue weighted by Gasteiger charge is -1.99. The van der Waals surface area contributed by atoms with Gasteiger partial charge in [0, 0.05) is 25.6 Å². The third-order valence-corrected chi connectivity index (χ3v) is 6.38. The van der Waals surface area contributed by atoms with Crippen LogP contribution in [0.1, 0.15) is 83.2 Å². The summed E-state index contributed by atoms with van der Waals surface area (Å²) in [4.78, 5) is 14.5. The molecule has 3 aromatic heterocycles. The van der Waals surface area contributed by atoms with E-state index in [1.54, 1.807) is 23.4 Å². The van der Waals surface area contributed by atoms with Crippen molar-refractivity contribution in [3.05, 3.63) is 204 Å². The number of nitrogens with zero attached hydrogens (tertiary/aromatic N) is 6. The third-order valence-electron chi connectivity index (χ3n) is 5.95. The summed E-state index contributed by atoms with van der Waals surface area (Å²) in [6.07, 6.45) is 9.06. The maximum atomic E-state index is 5.01. The summed E-state index contributed by atoms with van der Waals surface area (Å²) in [7, 11) is 0. The van der Waals surface area contributed by atoms with E-state index in [9.17, 15) is 0 Å². The van der Waals surface area contributed by atoms with Crippen LogP contribution in [0.25, 0.3) is 0 Å². The minimum absolute atomic E-state index is 0. The third kappa shape index (κ3) is 54.6. The molecule has 0 fully saturated rings. The molecule has 0 saturated carbocycles. The van der Waals surface area contributed by atoms with E-state index in [4.69, 9.17) is 9.47 Å². The van der Waals surface area contributed by atoms with Crippen LogP contribution in [-0.2, 0) is 9.47 Å². The Morgan fingerprint density at radius 1 is 0.417 bits per heavy atom. The molecule has 0 radical (unpaired) electrons. The first-order chi connectivity index (χ1) is 28.8. The molecule has 9 heteroatoms. The van der Waals surface area contributed by atoms with Crippen molar-refractivity contribution in [3.8, 4) is 0 Å². The van der Waals surface area contributed by atoms with E-state index in [-0.39, 0.29) is 7.43 Å². The van der Waals surface area contributed by atoms with E-state index in [2.05, 4.69) is 121 Å². The van der Waals surface area contributed by atoms with Crippen LogP contribution in [0.5, 0.6) is 0 Å². The maximum absolute atomic E-state index is 5.01. The fourth-order valence-corrected chi connectivity index (χ4v) is 3.94. The Hall–Kier alpha value is -5.48. The second-order valence-electron chi connectivity index (χ2n) is 11.6. The van der Waals surface area contributed by atoms with Crippen LogP contribution in [0, 0.1) is 34.6 Å². The van der Waals surface area contributed by atoms with Gasteiger partial charge >= 0.3 is 0 Å². The van der Waals surface area contributed by atoms with Gasteiger partial charge in [0.15, 0.2) is 0 Å². The number of aromatic nitrogens is 6. The Balaban J connectivity index is -0.000000295. The number of hydrogen-bond donors (Lipinski definition) is 0. The van der Waals surface area contributed by atoms with Gasteiger partial charge in [-0.3, -0.25) is 4.98 Å². The largest absolute Gasteiger partial charge is 0.379 e. The van der Waals surface area contributed by atoms with Crippen molar-refractivity contribution in [2.24, 2.45) is 0 Å². The van der Waals surface area contributed by atoms with Crippen molar-refractivity contribution in [3.63, 3.8) is 0 Å². The molecular weight excluding hydrogens is 761 g/mol. The predicted molar refractivity (Wildman–Crippen MR) is 260 cm³/mol. The molecule has 0 aliphatic rings. The molecule has 4 aromatic carbocycles. The van der Waals surface area contributed by atoms with E-state index in [1.807, 2.05) is 119 Å². The van der Waals surface area contributed by atoms with Crippen molar-refractivity contribution >= 4 is 11.3 Å². The van der Waals surface area contributed by atoms with Crippen LogP contribution in [0.2, 0.25) is 0 Å². The zero-order chi connectivity index (χ0) is 44.3. The standard InChI is InChI=1S/C9H12.C8H10.C6H14O2.2C6H6.C5H5N.C3H3N3.C3H8.C2H2N2S.C2H6.CH4/c1-7-4-8(2)6-9(3)5-7;1-7-3-5-8(2)6-4-7;1-3-7-5-6-8-4-2;3*1-2-4-6-5-3-1;1-4-2-6-3-5-1;1-3-2;1-3-4-2-5-1;1-2;/h4-6H,1-3H3;3-6H,1-2H3;3-6H2,1-2H3;2*1-6H;1-5H;1-3H;3H2,1-2H3;1-2H;1-2H3;1H4. The molecule has 0 N–H and O–H groups in total. The Labute approximate surface area is 369 Å². The molecule has 8 nitrogen and oxygen atoms in total. The van der Waals surface area contributed by atoms with Crippen LogP contribution in [-0.4, -0.2) is 56.6 Å². The summed E-state index contributed by atoms with van der Waals surface area (Å²) in [5.41, 5.74) is 10.1. The van der Waals surface area contributed by atoms with Gasteiger partial charge in [-0.05, 0) is 60.6 Å². The molecule has 7 rings (SSSR count). The molecule has 0 aliphatic heterocycles. The van der Waals surface area contributed by atoms with Gasteiger partial charge in [-0.25, -0.2) is 15.0 Å². The molecule has 60 heavy (non-hydrogen) atoms. The molecule has 0 spiro atoms. The minimum Gasteiger partial charge on any atom is -0.379 e. The normalized spacial score (nSPS) is 8.25. The van der Waals surface area contributed by atoms with Gasteiger partial charge in [-0.15, -0.1) is 21.5 Å². The lowest BCUT2D eigenvalue weighted by molar-refractivity contribution is 0.0584. The fraction of sp³-hybridized carbons (Fsp3) is 0.333. The Kier molecular flexibility index (Phi) is 54.6. The summed E-state index contributed by atoms with van der Waals surface area (Å²) in [5.74, 6) is 0. The van der Waals surface area contributed by atoms with E-state index in [0.29, 0.717) is 0 Å². The molecule has 3 heterocycles. The smallest absolute Gasteiger partial charge is 0.119 e. The van der Waals surface area contributed by atoms with E-state index < -0.39 is 0 Å². The molecule has 0 bridgehead atoms. The van der Waals surface area contributed by atoms with Crippen molar-refractivity contribution in [2.45, 2.75) is 90.0 Å². The summed E-state index contributed by atoms with van der Waals surface area (Å²) in [6, 6.07) is 44.8. The highest BCUT2D eigenvalue weighted by atomic mass is 32.1. The van der Waals surface area contributed by atoms with Gasteiger partial charge < -0.3 is 9.47 Å². The topological polar surface area (TPSA) is 95.8 Å². The van der Waals surface area contributed by atoms with Gasteiger partial charge in [-0.2, -0.15) is 0 Å². The first-order valence-electron chi connectivity index (χ1n) is 20.1. The molecule has 0 aliphatic carbocycles. The summed E-state index contributed by atoms with van der Waals surface area (Å²) in [5, 5.41) is 6.98. The van der Waals surface area contributed by atoms with Gasteiger partial charge in [0.05, 0.1) is 13.2 Å². The maximum Gasteiger partial charge on any atom is 0.119 e. The average molecular weight is 837 g/mol. The van der Waals surface area contributed by atoms with Crippen LogP contribution < -0.4 is 0 Å². The van der Waals surface area contributed by atoms with Crippen LogP contribution in [0.15, 0.2) is 176 Å². The Morgan fingerprint density at radius 2 is 0.683 bits per heavy atom. The number of rotatable bonds is 5. The summed E-state index contributed by atoms with van der Waals surface area (Å²) in [6.45, 7) is 25.8. The minimum atomic E-state index is 0. The van der Waals surface area contributed by atoms with E-state index in [1.165, 1.54) is 64.6 Å². The molecule has 0 atom stereocenters. The number of pyridine rings is 1. The SMILES string of the molecule is C.CC.CCC.CCOCCOCC.Cc1cc(C)cc(C)c1.Cc1ccc(C)cc1.c1ccccc1.c1ccccc1.c1ccncc1.c1ncncn1.c1nncs1. The summed E-state index contributed by atoms with van der Waals surface area (Å²) < 4.78 is 10.0. The van der Waals surface area contributed by atoms with Crippen molar-refractivity contribution in [2.75, 3.05) is 26.4 Å². The van der Waals surface area contributed by atoms with E-state index in [0.717, 1.165) is 26.4 Å². The number of ether oxygens (including phenoxy) is 2. The van der Waals surface area contributed by atoms with Gasteiger partial charge in [0.1, 0.15) is 30.0 Å². The molecule has 0 unspecified atom stereocenters. The lowest BCUT2D eigenvalue weighted by Crippen LogP contribution is -2.02. The fourth-order valence-electron chi connectivity index (χ4n) is 3.67. The molecule has 328 valence electrons. The van der Waals surface area contributed by atoms with Crippen LogP contribution in [0.3, 0.4) is 0 Å². The van der Waals surface area contributed by atoms with Crippen molar-refractivity contribution < 1.29 is 9.47 Å². The first-order valence-corrected chi connectivity index (χ1v) is 21.1. The highest BCUT2D eigenvalue weighted by Crippen LogP contribution is 2.06. The molecule has 7 aromatic rings. The average Bonchev–Trinajstić information content (AvgIpc) is 3.89. The lowest BCUT2D eigenvalue weighted by atomic mass is 10.1. The quantitative estimate of drug-likeness (QED) is 0.158.